The molecular weight excluding hydrogens is 274 g/mol. The highest BCUT2D eigenvalue weighted by Gasteiger charge is 2.11. The molecule has 0 unspecified atom stereocenters. The number of methoxy groups -OCH3 is 1. The zero-order chi connectivity index (χ0) is 15.0. The molecule has 0 aliphatic heterocycles. The molecule has 0 spiro atoms. The number of likely N-dealkylation sites (N-methyl/N-ethyl adjacent to an activating group) is 1. The molecule has 0 radical (unpaired) electrons. The molecule has 0 saturated carbocycles. The van der Waals surface area contributed by atoms with Gasteiger partial charge < -0.3 is 20.7 Å². The number of hydrogen-bond donors (Lipinski definition) is 2. The number of benzene rings is 1. The quantitative estimate of drug-likeness (QED) is 0.551. The van der Waals surface area contributed by atoms with E-state index in [1.807, 2.05) is 36.2 Å². The predicted molar refractivity (Wildman–Crippen MR) is 85.1 cm³/mol. The van der Waals surface area contributed by atoms with E-state index in [-0.39, 0.29) is 12.5 Å². The standard InChI is InChI=1S/C14H21N3O2S/c1-17(10-13(18)16-8-5-9-19-2)12-7-4-3-6-11(12)14(15)20/h3-4,6-7H,5,8-10H2,1-2H3,(H2,15,20)(H,16,18). The molecule has 1 rings (SSSR count). The summed E-state index contributed by atoms with van der Waals surface area (Å²) >= 11 is 5.02. The zero-order valence-electron chi connectivity index (χ0n) is 11.9. The van der Waals surface area contributed by atoms with Crippen molar-refractivity contribution in [2.75, 3.05) is 38.8 Å². The number of nitrogens with two attached hydrogens (primary N) is 1. The Morgan fingerprint density at radius 1 is 1.45 bits per heavy atom. The molecule has 20 heavy (non-hydrogen) atoms. The van der Waals surface area contributed by atoms with Crippen molar-refractivity contribution in [3.8, 4) is 0 Å². The van der Waals surface area contributed by atoms with Gasteiger partial charge in [0.1, 0.15) is 4.99 Å². The van der Waals surface area contributed by atoms with E-state index in [2.05, 4.69) is 5.32 Å². The van der Waals surface area contributed by atoms with E-state index >= 15 is 0 Å². The summed E-state index contributed by atoms with van der Waals surface area (Å²) in [5.41, 5.74) is 7.32. The van der Waals surface area contributed by atoms with Gasteiger partial charge >= 0.3 is 0 Å². The van der Waals surface area contributed by atoms with Crippen LogP contribution in [0.1, 0.15) is 12.0 Å². The largest absolute Gasteiger partial charge is 0.389 e. The van der Waals surface area contributed by atoms with Gasteiger partial charge in [0.2, 0.25) is 5.91 Å². The van der Waals surface area contributed by atoms with E-state index in [0.717, 1.165) is 17.7 Å². The number of amides is 1. The van der Waals surface area contributed by atoms with Gasteiger partial charge in [-0.2, -0.15) is 0 Å². The van der Waals surface area contributed by atoms with E-state index < -0.39 is 0 Å². The predicted octanol–water partition coefficient (Wildman–Crippen LogP) is 0.910. The van der Waals surface area contributed by atoms with E-state index in [0.29, 0.717) is 18.1 Å². The minimum Gasteiger partial charge on any atom is -0.389 e. The van der Waals surface area contributed by atoms with Gasteiger partial charge in [0.25, 0.3) is 0 Å². The highest BCUT2D eigenvalue weighted by Crippen LogP contribution is 2.18. The average molecular weight is 295 g/mol. The number of anilines is 1. The molecule has 0 fully saturated rings. The summed E-state index contributed by atoms with van der Waals surface area (Å²) in [6, 6.07) is 7.51. The van der Waals surface area contributed by atoms with Crippen LogP contribution in [0, 0.1) is 0 Å². The zero-order valence-corrected chi connectivity index (χ0v) is 12.7. The third-order valence-corrected chi connectivity index (χ3v) is 3.03. The van der Waals surface area contributed by atoms with Gasteiger partial charge in [0.15, 0.2) is 0 Å². The van der Waals surface area contributed by atoms with Crippen molar-refractivity contribution in [1.82, 2.24) is 5.32 Å². The molecule has 5 nitrogen and oxygen atoms in total. The molecule has 1 aromatic carbocycles. The third kappa shape index (κ3) is 5.14. The van der Waals surface area contributed by atoms with Crippen molar-refractivity contribution in [1.29, 1.82) is 0 Å². The Morgan fingerprint density at radius 2 is 2.15 bits per heavy atom. The van der Waals surface area contributed by atoms with Crippen LogP contribution in [0.2, 0.25) is 0 Å². The summed E-state index contributed by atoms with van der Waals surface area (Å²) < 4.78 is 4.93. The lowest BCUT2D eigenvalue weighted by Crippen LogP contribution is -2.36. The highest BCUT2D eigenvalue weighted by molar-refractivity contribution is 7.80. The molecule has 0 aromatic heterocycles. The van der Waals surface area contributed by atoms with Crippen molar-refractivity contribution in [3.63, 3.8) is 0 Å². The van der Waals surface area contributed by atoms with Crippen molar-refractivity contribution < 1.29 is 9.53 Å². The normalized spacial score (nSPS) is 10.1. The fraction of sp³-hybridized carbons (Fsp3) is 0.429. The van der Waals surface area contributed by atoms with Crippen LogP contribution < -0.4 is 16.0 Å². The van der Waals surface area contributed by atoms with Crippen LogP contribution in [-0.4, -0.2) is 44.7 Å². The second kappa shape index (κ2) is 8.50. The summed E-state index contributed by atoms with van der Waals surface area (Å²) in [7, 11) is 3.48. The van der Waals surface area contributed by atoms with Crippen LogP contribution in [0.5, 0.6) is 0 Å². The van der Waals surface area contributed by atoms with Crippen LogP contribution in [0.3, 0.4) is 0 Å². The maximum Gasteiger partial charge on any atom is 0.239 e. The van der Waals surface area contributed by atoms with E-state index in [1.165, 1.54) is 0 Å². The number of thiocarbonyl (C=S) groups is 1. The number of nitrogens with one attached hydrogen (secondary N) is 1. The Bertz CT molecular complexity index is 465. The highest BCUT2D eigenvalue weighted by atomic mass is 32.1. The van der Waals surface area contributed by atoms with Crippen molar-refractivity contribution >= 4 is 28.8 Å². The lowest BCUT2D eigenvalue weighted by Gasteiger charge is -2.21. The number of para-hydroxylation sites is 1. The Morgan fingerprint density at radius 3 is 2.80 bits per heavy atom. The van der Waals surface area contributed by atoms with Crippen molar-refractivity contribution in [3.05, 3.63) is 29.8 Å². The summed E-state index contributed by atoms with van der Waals surface area (Å²) in [6.07, 6.45) is 0.801. The van der Waals surface area contributed by atoms with E-state index in [4.69, 9.17) is 22.7 Å². The molecule has 1 aromatic rings. The van der Waals surface area contributed by atoms with Crippen LogP contribution in [-0.2, 0) is 9.53 Å². The smallest absolute Gasteiger partial charge is 0.239 e. The Hall–Kier alpha value is -1.66. The molecule has 0 aliphatic rings. The average Bonchev–Trinajstić information content (AvgIpc) is 2.43. The van der Waals surface area contributed by atoms with Gasteiger partial charge in [-0.05, 0) is 18.6 Å². The van der Waals surface area contributed by atoms with Crippen LogP contribution in [0.25, 0.3) is 0 Å². The SMILES string of the molecule is COCCCNC(=O)CN(C)c1ccccc1C(N)=S. The van der Waals surface area contributed by atoms with Crippen LogP contribution in [0.4, 0.5) is 5.69 Å². The number of nitrogens with zero attached hydrogens (tertiary/aromatic N) is 1. The topological polar surface area (TPSA) is 67.6 Å². The van der Waals surface area contributed by atoms with Crippen molar-refractivity contribution in [2.45, 2.75) is 6.42 Å². The van der Waals surface area contributed by atoms with E-state index in [9.17, 15) is 4.79 Å². The number of hydrogen-bond acceptors (Lipinski definition) is 4. The fourth-order valence-electron chi connectivity index (χ4n) is 1.82. The molecule has 0 atom stereocenters. The monoisotopic (exact) mass is 295 g/mol. The first-order valence-electron chi connectivity index (χ1n) is 6.42. The molecule has 0 saturated heterocycles. The van der Waals surface area contributed by atoms with Crippen molar-refractivity contribution in [2.24, 2.45) is 5.73 Å². The van der Waals surface area contributed by atoms with Crippen LogP contribution in [0.15, 0.2) is 24.3 Å². The maximum absolute atomic E-state index is 11.8. The molecular formula is C14H21N3O2S. The first-order valence-corrected chi connectivity index (χ1v) is 6.82. The first-order chi connectivity index (χ1) is 9.56. The third-order valence-electron chi connectivity index (χ3n) is 2.81. The number of carbonyl (C=O) groups is 1. The van der Waals surface area contributed by atoms with Gasteiger partial charge in [-0.1, -0.05) is 24.4 Å². The van der Waals surface area contributed by atoms with Gasteiger partial charge in [-0.25, -0.2) is 0 Å². The minimum absolute atomic E-state index is 0.0404. The summed E-state index contributed by atoms with van der Waals surface area (Å²) in [6.45, 7) is 1.50. The molecule has 110 valence electrons. The van der Waals surface area contributed by atoms with Gasteiger partial charge in [-0.15, -0.1) is 0 Å². The molecule has 3 N–H and O–H groups in total. The van der Waals surface area contributed by atoms with Gasteiger partial charge in [-0.3, -0.25) is 4.79 Å². The lowest BCUT2D eigenvalue weighted by molar-refractivity contribution is -0.119. The van der Waals surface area contributed by atoms with Gasteiger partial charge in [0, 0.05) is 38.6 Å². The molecule has 1 amide bonds. The van der Waals surface area contributed by atoms with E-state index in [1.54, 1.807) is 7.11 Å². The Kier molecular flexibility index (Phi) is 6.97. The second-order valence-electron chi connectivity index (χ2n) is 4.43. The lowest BCUT2D eigenvalue weighted by atomic mass is 10.1. The Balaban J connectivity index is 2.56. The first kappa shape index (κ1) is 16.4. The van der Waals surface area contributed by atoms with Crippen LogP contribution >= 0.6 is 12.2 Å². The number of rotatable bonds is 8. The number of carbonyl (C=O) groups excluding carboxylic acids is 1. The second-order valence-corrected chi connectivity index (χ2v) is 4.87. The maximum atomic E-state index is 11.8. The molecule has 0 aliphatic carbocycles. The molecule has 0 bridgehead atoms. The Labute approximate surface area is 125 Å². The minimum atomic E-state index is -0.0404. The fourth-order valence-corrected chi connectivity index (χ4v) is 1.99. The number of ether oxygens (including phenoxy) is 1. The molecule has 6 heteroatoms. The molecule has 0 heterocycles. The summed E-state index contributed by atoms with van der Waals surface area (Å²) in [4.78, 5) is 14.0. The summed E-state index contributed by atoms with van der Waals surface area (Å²) in [5, 5.41) is 2.84. The van der Waals surface area contributed by atoms with Gasteiger partial charge in [0.05, 0.1) is 6.54 Å². The summed E-state index contributed by atoms with van der Waals surface area (Å²) in [5.74, 6) is -0.0404.